The average molecular weight is 462 g/mol. The van der Waals surface area contributed by atoms with E-state index in [0.717, 1.165) is 28.8 Å². The molecule has 2 aromatic carbocycles. The second kappa shape index (κ2) is 9.56. The summed E-state index contributed by atoms with van der Waals surface area (Å²) >= 11 is 0. The van der Waals surface area contributed by atoms with Gasteiger partial charge < -0.3 is 14.8 Å². The number of carbonyl (C=O) groups is 2. The van der Waals surface area contributed by atoms with Crippen LogP contribution < -0.4 is 10.1 Å². The number of halogens is 3. The van der Waals surface area contributed by atoms with Gasteiger partial charge in [-0.2, -0.15) is 13.2 Å². The van der Waals surface area contributed by atoms with E-state index in [-0.39, 0.29) is 30.2 Å². The topological polar surface area (TPSA) is 67.9 Å². The third-order valence-corrected chi connectivity index (χ3v) is 5.35. The van der Waals surface area contributed by atoms with Crippen molar-refractivity contribution in [1.29, 1.82) is 0 Å². The van der Waals surface area contributed by atoms with Crippen molar-refractivity contribution in [3.63, 3.8) is 0 Å². The van der Waals surface area contributed by atoms with Crippen molar-refractivity contribution < 1.29 is 32.2 Å². The summed E-state index contributed by atoms with van der Waals surface area (Å²) < 4.78 is 50.0. The first kappa shape index (κ1) is 24.2. The third-order valence-electron chi connectivity index (χ3n) is 5.35. The number of nitrogens with one attached hydrogen (secondary N) is 1. The molecule has 1 aliphatic rings. The number of hydrogen-bond donors (Lipinski definition) is 1. The van der Waals surface area contributed by atoms with Crippen molar-refractivity contribution in [3.05, 3.63) is 76.0 Å². The highest BCUT2D eigenvalue weighted by atomic mass is 19.4. The lowest BCUT2D eigenvalue weighted by Crippen LogP contribution is -2.48. The van der Waals surface area contributed by atoms with Crippen LogP contribution in [0.25, 0.3) is 0 Å². The first-order valence-electron chi connectivity index (χ1n) is 10.3. The molecule has 176 valence electrons. The molecule has 2 aromatic rings. The lowest BCUT2D eigenvalue weighted by molar-refractivity contribution is -0.139. The van der Waals surface area contributed by atoms with Gasteiger partial charge in [-0.3, -0.25) is 4.90 Å². The van der Waals surface area contributed by atoms with E-state index in [1.807, 2.05) is 32.0 Å². The van der Waals surface area contributed by atoms with Crippen molar-refractivity contribution in [2.45, 2.75) is 33.0 Å². The highest BCUT2D eigenvalue weighted by Gasteiger charge is 2.38. The molecule has 0 spiro atoms. The van der Waals surface area contributed by atoms with E-state index < -0.39 is 29.8 Å². The number of alkyl halides is 3. The second-order valence-electron chi connectivity index (χ2n) is 7.70. The van der Waals surface area contributed by atoms with Crippen molar-refractivity contribution in [2.75, 3.05) is 20.3 Å². The van der Waals surface area contributed by atoms with Gasteiger partial charge in [-0.15, -0.1) is 0 Å². The average Bonchev–Trinajstić information content (AvgIpc) is 2.76. The fourth-order valence-electron chi connectivity index (χ4n) is 3.60. The summed E-state index contributed by atoms with van der Waals surface area (Å²) in [5, 5.41) is 2.82. The van der Waals surface area contributed by atoms with Gasteiger partial charge in [-0.05, 0) is 50.1 Å². The largest absolute Gasteiger partial charge is 0.487 e. The number of amides is 2. The number of hydrogen-bond acceptors (Lipinski definition) is 4. The molecule has 0 radical (unpaired) electrons. The molecule has 2 amide bonds. The fourth-order valence-corrected chi connectivity index (χ4v) is 3.60. The zero-order valence-corrected chi connectivity index (χ0v) is 18.7. The highest BCUT2D eigenvalue weighted by Crippen LogP contribution is 2.34. The van der Waals surface area contributed by atoms with Crippen LogP contribution in [0.5, 0.6) is 5.75 Å². The van der Waals surface area contributed by atoms with Crippen LogP contribution in [0.4, 0.5) is 18.0 Å². The zero-order valence-electron chi connectivity index (χ0n) is 18.7. The SMILES string of the molecule is CCOC(=O)C1=C(COc2cccc(C(F)(F)F)c2)N(C)C(=O)N[C@@H]1c1cc(C)ccc1C. The van der Waals surface area contributed by atoms with Gasteiger partial charge in [-0.25, -0.2) is 9.59 Å². The number of urea groups is 1. The van der Waals surface area contributed by atoms with Crippen LogP contribution in [0.15, 0.2) is 53.7 Å². The van der Waals surface area contributed by atoms with Gasteiger partial charge in [0.15, 0.2) is 0 Å². The van der Waals surface area contributed by atoms with E-state index in [1.165, 1.54) is 24.1 Å². The molecule has 33 heavy (non-hydrogen) atoms. The predicted octanol–water partition coefficient (Wildman–Crippen LogP) is 4.91. The van der Waals surface area contributed by atoms with Gasteiger partial charge in [0.1, 0.15) is 12.4 Å². The summed E-state index contributed by atoms with van der Waals surface area (Å²) in [5.74, 6) is -0.680. The molecule has 1 N–H and O–H groups in total. The molecular formula is C24H25F3N2O4. The molecule has 0 saturated heterocycles. The molecule has 1 atom stereocenters. The van der Waals surface area contributed by atoms with Crippen molar-refractivity contribution in [3.8, 4) is 5.75 Å². The Morgan fingerprint density at radius 1 is 1.15 bits per heavy atom. The molecule has 0 unspecified atom stereocenters. The number of ether oxygens (including phenoxy) is 2. The third kappa shape index (κ3) is 5.30. The van der Waals surface area contributed by atoms with Crippen LogP contribution >= 0.6 is 0 Å². The van der Waals surface area contributed by atoms with Crippen LogP contribution in [-0.2, 0) is 15.7 Å². The lowest BCUT2D eigenvalue weighted by atomic mass is 9.90. The van der Waals surface area contributed by atoms with Gasteiger partial charge in [0, 0.05) is 7.05 Å². The summed E-state index contributed by atoms with van der Waals surface area (Å²) in [6.45, 7) is 5.23. The number of rotatable bonds is 6. The van der Waals surface area contributed by atoms with Gasteiger partial charge in [0.25, 0.3) is 0 Å². The molecule has 0 fully saturated rings. The number of carbonyl (C=O) groups excluding carboxylic acids is 2. The standard InChI is InChI=1S/C24H25F3N2O4/c1-5-32-22(30)20-19(13-33-17-8-6-7-16(12-17)24(25,26)27)29(4)23(31)28-21(20)18-11-14(2)9-10-15(18)3/h6-12,21H,5,13H2,1-4H3,(H,28,31)/t21-/m1/s1. The van der Waals surface area contributed by atoms with E-state index in [1.54, 1.807) is 6.92 Å². The van der Waals surface area contributed by atoms with Crippen LogP contribution in [0.2, 0.25) is 0 Å². The Labute approximate surface area is 190 Å². The number of likely N-dealkylation sites (N-methyl/N-ethyl adjacent to an activating group) is 1. The Kier molecular flexibility index (Phi) is 7.00. The van der Waals surface area contributed by atoms with E-state index in [4.69, 9.17) is 9.47 Å². The van der Waals surface area contributed by atoms with Crippen LogP contribution in [0.1, 0.15) is 35.2 Å². The fraction of sp³-hybridized carbons (Fsp3) is 0.333. The molecule has 3 rings (SSSR count). The molecule has 6 nitrogen and oxygen atoms in total. The molecule has 0 aliphatic carbocycles. The lowest BCUT2D eigenvalue weighted by Gasteiger charge is -2.35. The second-order valence-corrected chi connectivity index (χ2v) is 7.70. The van der Waals surface area contributed by atoms with Crippen molar-refractivity contribution in [2.24, 2.45) is 0 Å². The molecule has 0 bridgehead atoms. The van der Waals surface area contributed by atoms with E-state index in [0.29, 0.717) is 0 Å². The van der Waals surface area contributed by atoms with Crippen LogP contribution in [0, 0.1) is 13.8 Å². The molecule has 0 saturated carbocycles. The number of esters is 1. The van der Waals surface area contributed by atoms with Crippen molar-refractivity contribution >= 4 is 12.0 Å². The van der Waals surface area contributed by atoms with Crippen molar-refractivity contribution in [1.82, 2.24) is 10.2 Å². The highest BCUT2D eigenvalue weighted by molar-refractivity contribution is 5.95. The number of nitrogens with zero attached hydrogens (tertiary/aromatic N) is 1. The predicted molar refractivity (Wildman–Crippen MR) is 116 cm³/mol. The first-order chi connectivity index (χ1) is 15.5. The molecule has 9 heteroatoms. The maximum atomic E-state index is 13.1. The number of aryl methyl sites for hydroxylation is 2. The summed E-state index contributed by atoms with van der Waals surface area (Å²) in [6, 6.07) is 8.82. The van der Waals surface area contributed by atoms with Gasteiger partial charge in [0.05, 0.1) is 29.5 Å². The molecule has 1 heterocycles. The van der Waals surface area contributed by atoms with Gasteiger partial charge in [-0.1, -0.05) is 29.8 Å². The zero-order chi connectivity index (χ0) is 24.3. The normalized spacial score (nSPS) is 16.5. The van der Waals surface area contributed by atoms with Crippen LogP contribution in [-0.4, -0.2) is 37.2 Å². The Hall–Kier alpha value is -3.49. The molecule has 1 aliphatic heterocycles. The maximum absolute atomic E-state index is 13.1. The monoisotopic (exact) mass is 462 g/mol. The minimum Gasteiger partial charge on any atom is -0.487 e. The quantitative estimate of drug-likeness (QED) is 0.620. The Bertz CT molecular complexity index is 1100. The maximum Gasteiger partial charge on any atom is 0.416 e. The Balaban J connectivity index is 2.06. The van der Waals surface area contributed by atoms with E-state index >= 15 is 0 Å². The Morgan fingerprint density at radius 3 is 2.55 bits per heavy atom. The summed E-state index contributed by atoms with van der Waals surface area (Å²) in [5.41, 5.74) is 2.03. The molecule has 0 aromatic heterocycles. The number of benzene rings is 2. The minimum absolute atomic E-state index is 0.0387. The van der Waals surface area contributed by atoms with Gasteiger partial charge in [0.2, 0.25) is 0 Å². The first-order valence-corrected chi connectivity index (χ1v) is 10.3. The van der Waals surface area contributed by atoms with Gasteiger partial charge >= 0.3 is 18.2 Å². The summed E-state index contributed by atoms with van der Waals surface area (Å²) in [7, 11) is 1.46. The Morgan fingerprint density at radius 2 is 1.88 bits per heavy atom. The summed E-state index contributed by atoms with van der Waals surface area (Å²) in [4.78, 5) is 26.9. The van der Waals surface area contributed by atoms with Crippen LogP contribution in [0.3, 0.4) is 0 Å². The van der Waals surface area contributed by atoms with E-state index in [9.17, 15) is 22.8 Å². The van der Waals surface area contributed by atoms with E-state index in [2.05, 4.69) is 5.32 Å². The molecular weight excluding hydrogens is 437 g/mol. The summed E-state index contributed by atoms with van der Waals surface area (Å²) in [6.07, 6.45) is -4.52. The smallest absolute Gasteiger partial charge is 0.416 e. The minimum atomic E-state index is -4.52.